The second-order valence-corrected chi connectivity index (χ2v) is 9.77. The molecule has 0 radical (unpaired) electrons. The van der Waals surface area contributed by atoms with Crippen LogP contribution in [-0.4, -0.2) is 43.4 Å². The number of aromatic nitrogens is 2. The smallest absolute Gasteiger partial charge is 0.242 e. The van der Waals surface area contributed by atoms with Crippen LogP contribution >= 0.6 is 11.6 Å². The molecule has 0 spiro atoms. The molecule has 31 heavy (non-hydrogen) atoms. The van der Waals surface area contributed by atoms with Gasteiger partial charge in [0.1, 0.15) is 16.5 Å². The third kappa shape index (κ3) is 6.15. The molecule has 2 aromatic heterocycles. The van der Waals surface area contributed by atoms with Crippen LogP contribution in [0.3, 0.4) is 0 Å². The zero-order valence-electron chi connectivity index (χ0n) is 17.7. The van der Waals surface area contributed by atoms with Gasteiger partial charge in [-0.15, -0.1) is 0 Å². The SMILES string of the molecule is CCC(CC)NS(=O)(=O)c1ccc(N2CCCC(C(=O)Nc3ccc(Cl)cn3)C2)nc1. The maximum Gasteiger partial charge on any atom is 0.242 e. The Morgan fingerprint density at radius 2 is 1.97 bits per heavy atom. The second kappa shape index (κ2) is 10.4. The fourth-order valence-corrected chi connectivity index (χ4v) is 5.00. The summed E-state index contributed by atoms with van der Waals surface area (Å²) >= 11 is 5.83. The van der Waals surface area contributed by atoms with E-state index in [9.17, 15) is 13.2 Å². The number of amides is 1. The van der Waals surface area contributed by atoms with Gasteiger partial charge in [0.25, 0.3) is 0 Å². The summed E-state index contributed by atoms with van der Waals surface area (Å²) < 4.78 is 27.8. The first-order valence-corrected chi connectivity index (χ1v) is 12.3. The van der Waals surface area contributed by atoms with Crippen molar-refractivity contribution in [3.05, 3.63) is 41.7 Å². The number of halogens is 1. The van der Waals surface area contributed by atoms with Gasteiger partial charge in [-0.1, -0.05) is 25.4 Å². The summed E-state index contributed by atoms with van der Waals surface area (Å²) in [5.74, 6) is 0.800. The summed E-state index contributed by atoms with van der Waals surface area (Å²) in [6.07, 6.45) is 5.92. The molecular weight excluding hydrogens is 438 g/mol. The molecule has 1 atom stereocenters. The Labute approximate surface area is 188 Å². The third-order valence-electron chi connectivity index (χ3n) is 5.43. The molecular formula is C21H28ClN5O3S. The number of hydrogen-bond acceptors (Lipinski definition) is 6. The molecule has 2 aromatic rings. The van der Waals surface area contributed by atoms with Crippen LogP contribution < -0.4 is 14.9 Å². The van der Waals surface area contributed by atoms with Gasteiger partial charge >= 0.3 is 0 Å². The summed E-state index contributed by atoms with van der Waals surface area (Å²) in [7, 11) is -3.60. The number of sulfonamides is 1. The van der Waals surface area contributed by atoms with Gasteiger partial charge in [0, 0.05) is 31.5 Å². The van der Waals surface area contributed by atoms with Crippen LogP contribution in [0.2, 0.25) is 5.02 Å². The summed E-state index contributed by atoms with van der Waals surface area (Å²) in [6, 6.07) is 6.50. The van der Waals surface area contributed by atoms with Crippen LogP contribution in [0, 0.1) is 5.92 Å². The third-order valence-corrected chi connectivity index (χ3v) is 7.16. The highest BCUT2D eigenvalue weighted by Gasteiger charge is 2.27. The molecule has 3 rings (SSSR count). The Morgan fingerprint density at radius 1 is 1.19 bits per heavy atom. The number of nitrogens with one attached hydrogen (secondary N) is 2. The maximum absolute atomic E-state index is 12.7. The zero-order valence-corrected chi connectivity index (χ0v) is 19.3. The van der Waals surface area contributed by atoms with Crippen LogP contribution in [-0.2, 0) is 14.8 Å². The van der Waals surface area contributed by atoms with Gasteiger partial charge < -0.3 is 10.2 Å². The van der Waals surface area contributed by atoms with Crippen molar-refractivity contribution >= 4 is 39.2 Å². The van der Waals surface area contributed by atoms with Crippen molar-refractivity contribution in [2.75, 3.05) is 23.3 Å². The molecule has 8 nitrogen and oxygen atoms in total. The van der Waals surface area contributed by atoms with E-state index in [2.05, 4.69) is 20.0 Å². The fraction of sp³-hybridized carbons (Fsp3) is 0.476. The number of anilines is 2. The standard InChI is InChI=1S/C21H28ClN5O3S/c1-3-17(4-2)26-31(29,30)18-8-10-20(24-13-18)27-11-5-6-15(14-27)21(28)25-19-9-7-16(22)12-23-19/h7-10,12-13,15,17,26H,3-6,11,14H2,1-2H3,(H,23,25,28). The minimum absolute atomic E-state index is 0.0961. The van der Waals surface area contributed by atoms with Crippen molar-refractivity contribution in [2.24, 2.45) is 5.92 Å². The predicted octanol–water partition coefficient (Wildman–Crippen LogP) is 3.45. The Bertz CT molecular complexity index is 979. The molecule has 0 aromatic carbocycles. The lowest BCUT2D eigenvalue weighted by atomic mass is 9.97. The van der Waals surface area contributed by atoms with E-state index in [-0.39, 0.29) is 22.8 Å². The lowest BCUT2D eigenvalue weighted by molar-refractivity contribution is -0.120. The lowest BCUT2D eigenvalue weighted by Gasteiger charge is -2.32. The van der Waals surface area contributed by atoms with E-state index in [0.717, 1.165) is 32.2 Å². The Hall–Kier alpha value is -2.23. The Morgan fingerprint density at radius 3 is 2.58 bits per heavy atom. The molecule has 0 bridgehead atoms. The molecule has 1 unspecified atom stereocenters. The van der Waals surface area contributed by atoms with Gasteiger partial charge in [-0.3, -0.25) is 4.79 Å². The van der Waals surface area contributed by atoms with Gasteiger partial charge in [-0.05, 0) is 49.9 Å². The number of hydrogen-bond donors (Lipinski definition) is 2. The summed E-state index contributed by atoms with van der Waals surface area (Å²) in [5.41, 5.74) is 0. The molecule has 0 aliphatic carbocycles. The first-order chi connectivity index (χ1) is 14.8. The van der Waals surface area contributed by atoms with E-state index in [1.807, 2.05) is 18.7 Å². The molecule has 2 N–H and O–H groups in total. The monoisotopic (exact) mass is 465 g/mol. The largest absolute Gasteiger partial charge is 0.356 e. The molecule has 1 aliphatic rings. The first-order valence-electron chi connectivity index (χ1n) is 10.5. The molecule has 168 valence electrons. The predicted molar refractivity (Wildman–Crippen MR) is 122 cm³/mol. The van der Waals surface area contributed by atoms with Crippen molar-refractivity contribution in [3.8, 4) is 0 Å². The van der Waals surface area contributed by atoms with E-state index in [1.165, 1.54) is 12.4 Å². The van der Waals surface area contributed by atoms with Gasteiger partial charge in [0.05, 0.1) is 10.9 Å². The topological polar surface area (TPSA) is 104 Å². The number of piperidine rings is 1. The van der Waals surface area contributed by atoms with Crippen LogP contribution in [0.5, 0.6) is 0 Å². The fourth-order valence-electron chi connectivity index (χ4n) is 3.54. The van der Waals surface area contributed by atoms with E-state index < -0.39 is 10.0 Å². The molecule has 3 heterocycles. The number of pyridine rings is 2. The average Bonchev–Trinajstić information content (AvgIpc) is 2.79. The number of nitrogens with zero attached hydrogens (tertiary/aromatic N) is 3. The highest BCUT2D eigenvalue weighted by atomic mass is 35.5. The highest BCUT2D eigenvalue weighted by molar-refractivity contribution is 7.89. The summed E-state index contributed by atoms with van der Waals surface area (Å²) in [4.78, 5) is 23.3. The summed E-state index contributed by atoms with van der Waals surface area (Å²) in [6.45, 7) is 5.16. The normalized spacial score (nSPS) is 17.0. The van der Waals surface area contributed by atoms with Crippen molar-refractivity contribution in [2.45, 2.75) is 50.5 Å². The van der Waals surface area contributed by atoms with Crippen molar-refractivity contribution < 1.29 is 13.2 Å². The Balaban J connectivity index is 1.64. The van der Waals surface area contributed by atoms with Gasteiger partial charge in [0.15, 0.2) is 0 Å². The molecule has 0 saturated carbocycles. The van der Waals surface area contributed by atoms with Crippen LogP contribution in [0.1, 0.15) is 39.5 Å². The van der Waals surface area contributed by atoms with Gasteiger partial charge in [-0.2, -0.15) is 0 Å². The summed E-state index contributed by atoms with van der Waals surface area (Å²) in [5, 5.41) is 3.33. The van der Waals surface area contributed by atoms with E-state index >= 15 is 0 Å². The van der Waals surface area contributed by atoms with E-state index in [1.54, 1.807) is 24.3 Å². The molecule has 1 amide bonds. The number of carbonyl (C=O) groups excluding carboxylic acids is 1. The number of carbonyl (C=O) groups is 1. The lowest BCUT2D eigenvalue weighted by Crippen LogP contribution is -2.41. The van der Waals surface area contributed by atoms with E-state index in [0.29, 0.717) is 23.2 Å². The molecule has 1 saturated heterocycles. The Kier molecular flexibility index (Phi) is 7.85. The molecule has 1 aliphatic heterocycles. The van der Waals surface area contributed by atoms with Crippen molar-refractivity contribution in [1.82, 2.24) is 14.7 Å². The van der Waals surface area contributed by atoms with Crippen molar-refractivity contribution in [1.29, 1.82) is 0 Å². The maximum atomic E-state index is 12.7. The molecule has 10 heteroatoms. The zero-order chi connectivity index (χ0) is 22.4. The van der Waals surface area contributed by atoms with Crippen LogP contribution in [0.4, 0.5) is 11.6 Å². The van der Waals surface area contributed by atoms with E-state index in [4.69, 9.17) is 11.6 Å². The van der Waals surface area contributed by atoms with Gasteiger partial charge in [0.2, 0.25) is 15.9 Å². The average molecular weight is 466 g/mol. The van der Waals surface area contributed by atoms with Crippen LogP contribution in [0.15, 0.2) is 41.6 Å². The first kappa shape index (κ1) is 23.4. The van der Waals surface area contributed by atoms with Gasteiger partial charge in [-0.25, -0.2) is 23.1 Å². The second-order valence-electron chi connectivity index (χ2n) is 7.62. The van der Waals surface area contributed by atoms with Crippen molar-refractivity contribution in [3.63, 3.8) is 0 Å². The molecule has 1 fully saturated rings. The number of rotatable bonds is 8. The quantitative estimate of drug-likeness (QED) is 0.618. The highest BCUT2D eigenvalue weighted by Crippen LogP contribution is 2.24. The minimum atomic E-state index is -3.60. The van der Waals surface area contributed by atoms with Crippen LogP contribution in [0.25, 0.3) is 0 Å². The minimum Gasteiger partial charge on any atom is -0.356 e.